The van der Waals surface area contributed by atoms with E-state index in [4.69, 9.17) is 5.73 Å². The first-order valence-corrected chi connectivity index (χ1v) is 4.08. The van der Waals surface area contributed by atoms with Crippen LogP contribution in [-0.2, 0) is 14.3 Å². The number of primary amides is 1. The summed E-state index contributed by atoms with van der Waals surface area (Å²) < 4.78 is 4.54. The zero-order valence-electron chi connectivity index (χ0n) is 8.16. The maximum atomic E-state index is 11.0. The highest BCUT2D eigenvalue weighted by atomic mass is 16.5. The van der Waals surface area contributed by atoms with Crippen molar-refractivity contribution in [2.45, 2.75) is 19.9 Å². The number of esters is 1. The molecule has 0 aromatic carbocycles. The molecule has 0 saturated heterocycles. The quantitative estimate of drug-likeness (QED) is 0.557. The smallest absolute Gasteiger partial charge is 0.309 e. The van der Waals surface area contributed by atoms with Crippen molar-refractivity contribution < 1.29 is 14.3 Å². The zero-order valence-corrected chi connectivity index (χ0v) is 8.16. The van der Waals surface area contributed by atoms with Gasteiger partial charge in [0, 0.05) is 6.04 Å². The minimum atomic E-state index is -0.441. The number of rotatable bonds is 5. The third-order valence-electron chi connectivity index (χ3n) is 1.92. The van der Waals surface area contributed by atoms with Gasteiger partial charge in [0.25, 0.3) is 0 Å². The van der Waals surface area contributed by atoms with Crippen LogP contribution in [0.25, 0.3) is 0 Å². The second kappa shape index (κ2) is 5.53. The molecule has 0 aliphatic carbocycles. The van der Waals surface area contributed by atoms with Crippen molar-refractivity contribution >= 4 is 11.9 Å². The minimum Gasteiger partial charge on any atom is -0.469 e. The van der Waals surface area contributed by atoms with Gasteiger partial charge >= 0.3 is 5.97 Å². The van der Waals surface area contributed by atoms with E-state index in [-0.39, 0.29) is 24.5 Å². The molecular weight excluding hydrogens is 172 g/mol. The van der Waals surface area contributed by atoms with Gasteiger partial charge in [-0.05, 0) is 6.92 Å². The average molecular weight is 188 g/mol. The number of hydrogen-bond acceptors (Lipinski definition) is 4. The molecule has 2 unspecified atom stereocenters. The van der Waals surface area contributed by atoms with E-state index < -0.39 is 5.91 Å². The molecule has 0 bridgehead atoms. The number of ether oxygens (including phenoxy) is 1. The largest absolute Gasteiger partial charge is 0.469 e. The summed E-state index contributed by atoms with van der Waals surface area (Å²) in [5, 5.41) is 2.82. The molecule has 0 aliphatic rings. The molecular formula is C8H16N2O3. The number of hydrogen-bond donors (Lipinski definition) is 2. The third kappa shape index (κ3) is 4.47. The van der Waals surface area contributed by atoms with Crippen LogP contribution in [0.4, 0.5) is 0 Å². The summed E-state index contributed by atoms with van der Waals surface area (Å²) in [4.78, 5) is 21.4. The molecule has 0 saturated carbocycles. The monoisotopic (exact) mass is 188 g/mol. The Morgan fingerprint density at radius 1 is 1.46 bits per heavy atom. The van der Waals surface area contributed by atoms with Gasteiger partial charge in [-0.25, -0.2) is 0 Å². The van der Waals surface area contributed by atoms with Crippen molar-refractivity contribution in [3.63, 3.8) is 0 Å². The van der Waals surface area contributed by atoms with Gasteiger partial charge in [0.2, 0.25) is 5.91 Å². The first kappa shape index (κ1) is 11.9. The molecule has 2 atom stereocenters. The Labute approximate surface area is 77.6 Å². The summed E-state index contributed by atoms with van der Waals surface area (Å²) in [6, 6.07) is -0.125. The van der Waals surface area contributed by atoms with Gasteiger partial charge in [0.1, 0.15) is 0 Å². The molecule has 1 amide bonds. The number of carbonyl (C=O) groups excluding carboxylic acids is 2. The van der Waals surface area contributed by atoms with Crippen LogP contribution in [-0.4, -0.2) is 31.6 Å². The maximum absolute atomic E-state index is 11.0. The van der Waals surface area contributed by atoms with E-state index in [1.165, 1.54) is 7.11 Å². The van der Waals surface area contributed by atoms with E-state index in [0.717, 1.165) is 0 Å². The number of nitrogens with two attached hydrogens (primary N) is 1. The van der Waals surface area contributed by atoms with Gasteiger partial charge in [-0.2, -0.15) is 0 Å². The van der Waals surface area contributed by atoms with Crippen LogP contribution in [0.1, 0.15) is 13.8 Å². The predicted molar refractivity (Wildman–Crippen MR) is 47.8 cm³/mol. The van der Waals surface area contributed by atoms with E-state index in [1.807, 2.05) is 0 Å². The Balaban J connectivity index is 3.88. The van der Waals surface area contributed by atoms with Crippen LogP contribution in [0.3, 0.4) is 0 Å². The molecule has 5 nitrogen and oxygen atoms in total. The van der Waals surface area contributed by atoms with E-state index in [2.05, 4.69) is 10.1 Å². The SMILES string of the molecule is COC(=O)C(C)C(C)NCC(N)=O. The van der Waals surface area contributed by atoms with E-state index in [1.54, 1.807) is 13.8 Å². The van der Waals surface area contributed by atoms with Gasteiger partial charge in [0.15, 0.2) is 0 Å². The van der Waals surface area contributed by atoms with Crippen molar-refractivity contribution in [1.82, 2.24) is 5.32 Å². The fraction of sp³-hybridized carbons (Fsp3) is 0.750. The molecule has 3 N–H and O–H groups in total. The van der Waals surface area contributed by atoms with Gasteiger partial charge in [-0.3, -0.25) is 9.59 Å². The Morgan fingerprint density at radius 2 is 2.00 bits per heavy atom. The standard InChI is InChI=1S/C8H16N2O3/c1-5(8(12)13-3)6(2)10-4-7(9)11/h5-6,10H,4H2,1-3H3,(H2,9,11). The second-order valence-corrected chi connectivity index (χ2v) is 2.95. The molecule has 76 valence electrons. The molecule has 0 aromatic heterocycles. The first-order valence-electron chi connectivity index (χ1n) is 4.08. The molecule has 0 radical (unpaired) electrons. The summed E-state index contributed by atoms with van der Waals surface area (Å²) in [6.07, 6.45) is 0. The number of carbonyl (C=O) groups is 2. The van der Waals surface area contributed by atoms with E-state index >= 15 is 0 Å². The molecule has 13 heavy (non-hydrogen) atoms. The zero-order chi connectivity index (χ0) is 10.4. The van der Waals surface area contributed by atoms with Gasteiger partial charge < -0.3 is 15.8 Å². The summed E-state index contributed by atoms with van der Waals surface area (Å²) >= 11 is 0. The molecule has 0 aromatic rings. The summed E-state index contributed by atoms with van der Waals surface area (Å²) in [6.45, 7) is 3.59. The fourth-order valence-corrected chi connectivity index (χ4v) is 0.828. The first-order chi connectivity index (χ1) is 5.99. The molecule has 0 fully saturated rings. The van der Waals surface area contributed by atoms with Crippen LogP contribution in [0, 0.1) is 5.92 Å². The van der Waals surface area contributed by atoms with Crippen molar-refractivity contribution in [1.29, 1.82) is 0 Å². The van der Waals surface area contributed by atoms with Gasteiger partial charge in [0.05, 0.1) is 19.6 Å². The van der Waals surface area contributed by atoms with Crippen LogP contribution < -0.4 is 11.1 Å². The van der Waals surface area contributed by atoms with E-state index in [9.17, 15) is 9.59 Å². The van der Waals surface area contributed by atoms with E-state index in [0.29, 0.717) is 0 Å². The Kier molecular flexibility index (Phi) is 5.06. The molecule has 0 rings (SSSR count). The predicted octanol–water partition coefficient (Wildman–Crippen LogP) is -0.741. The van der Waals surface area contributed by atoms with Crippen molar-refractivity contribution in [2.24, 2.45) is 11.7 Å². The highest BCUT2D eigenvalue weighted by Gasteiger charge is 2.20. The molecule has 5 heteroatoms. The Bertz CT molecular complexity index is 194. The maximum Gasteiger partial charge on any atom is 0.309 e. The highest BCUT2D eigenvalue weighted by Crippen LogP contribution is 2.03. The third-order valence-corrected chi connectivity index (χ3v) is 1.92. The number of methoxy groups -OCH3 is 1. The lowest BCUT2D eigenvalue weighted by Crippen LogP contribution is -2.41. The van der Waals surface area contributed by atoms with Crippen LogP contribution in [0.15, 0.2) is 0 Å². The fourth-order valence-electron chi connectivity index (χ4n) is 0.828. The molecule has 0 aliphatic heterocycles. The van der Waals surface area contributed by atoms with Crippen molar-refractivity contribution in [2.75, 3.05) is 13.7 Å². The average Bonchev–Trinajstić information content (AvgIpc) is 2.11. The lowest BCUT2D eigenvalue weighted by atomic mass is 10.0. The summed E-state index contributed by atoms with van der Waals surface area (Å²) in [5.41, 5.74) is 4.93. The number of nitrogens with one attached hydrogen (secondary N) is 1. The highest BCUT2D eigenvalue weighted by molar-refractivity contribution is 5.76. The number of amides is 1. The van der Waals surface area contributed by atoms with Crippen molar-refractivity contribution in [3.05, 3.63) is 0 Å². The van der Waals surface area contributed by atoms with Crippen LogP contribution >= 0.6 is 0 Å². The lowest BCUT2D eigenvalue weighted by Gasteiger charge is -2.18. The Hall–Kier alpha value is -1.10. The second-order valence-electron chi connectivity index (χ2n) is 2.95. The summed E-state index contributed by atoms with van der Waals surface area (Å²) in [7, 11) is 1.33. The molecule has 0 heterocycles. The topological polar surface area (TPSA) is 81.4 Å². The molecule has 0 spiro atoms. The normalized spacial score (nSPS) is 14.7. The Morgan fingerprint density at radius 3 is 2.38 bits per heavy atom. The minimum absolute atomic E-state index is 0.0719. The van der Waals surface area contributed by atoms with Gasteiger partial charge in [-0.15, -0.1) is 0 Å². The van der Waals surface area contributed by atoms with Crippen LogP contribution in [0.2, 0.25) is 0 Å². The van der Waals surface area contributed by atoms with Gasteiger partial charge in [-0.1, -0.05) is 6.92 Å². The van der Waals surface area contributed by atoms with Crippen LogP contribution in [0.5, 0.6) is 0 Å². The van der Waals surface area contributed by atoms with Crippen molar-refractivity contribution in [3.8, 4) is 0 Å². The summed E-state index contributed by atoms with van der Waals surface area (Å²) in [5.74, 6) is -1.03. The lowest BCUT2D eigenvalue weighted by molar-refractivity contribution is -0.145.